The Hall–Kier alpha value is -3.63. The molecule has 3 aliphatic rings. The highest BCUT2D eigenvalue weighted by atomic mass is 16.5. The van der Waals surface area contributed by atoms with Crippen LogP contribution in [0.1, 0.15) is 12.5 Å². The molecule has 0 aliphatic carbocycles. The van der Waals surface area contributed by atoms with Crippen molar-refractivity contribution in [1.82, 2.24) is 20.0 Å². The van der Waals surface area contributed by atoms with Crippen LogP contribution in [0.3, 0.4) is 0 Å². The lowest BCUT2D eigenvalue weighted by molar-refractivity contribution is -0.152. The topological polar surface area (TPSA) is 94.7 Å². The molecule has 4 atom stereocenters. The monoisotopic (exact) mass is 493 g/mol. The lowest BCUT2D eigenvalue weighted by Crippen LogP contribution is -2.67. The largest absolute Gasteiger partial charge is 0.497 e. The number of anilines is 1. The number of nitrogens with zero attached hydrogens (tertiary/aromatic N) is 4. The van der Waals surface area contributed by atoms with E-state index in [4.69, 9.17) is 9.47 Å². The molecule has 0 radical (unpaired) electrons. The predicted molar refractivity (Wildman–Crippen MR) is 132 cm³/mol. The normalized spacial score (nSPS) is 26.0. The van der Waals surface area contributed by atoms with Crippen LogP contribution >= 0.6 is 0 Å². The summed E-state index contributed by atoms with van der Waals surface area (Å²) < 4.78 is 10.7. The number of carbonyl (C=O) groups excluding carboxylic acids is 3. The van der Waals surface area contributed by atoms with Crippen molar-refractivity contribution in [3.63, 3.8) is 0 Å². The Labute approximate surface area is 210 Å². The van der Waals surface area contributed by atoms with Gasteiger partial charge in [-0.2, -0.15) is 0 Å². The van der Waals surface area contributed by atoms with Gasteiger partial charge in [-0.1, -0.05) is 43.3 Å². The van der Waals surface area contributed by atoms with E-state index in [-0.39, 0.29) is 18.8 Å². The summed E-state index contributed by atoms with van der Waals surface area (Å²) in [6.07, 6.45) is -0.794. The Morgan fingerprint density at radius 3 is 2.61 bits per heavy atom. The van der Waals surface area contributed by atoms with Gasteiger partial charge in [-0.3, -0.25) is 24.7 Å². The minimum atomic E-state index is -0.625. The molecule has 3 aliphatic heterocycles. The molecule has 1 N–H and O–H groups in total. The van der Waals surface area contributed by atoms with Crippen LogP contribution in [0.4, 0.5) is 10.5 Å². The highest BCUT2D eigenvalue weighted by molar-refractivity contribution is 6.02. The maximum atomic E-state index is 13.6. The highest BCUT2D eigenvalue weighted by Crippen LogP contribution is 2.35. The molecule has 0 bridgehead atoms. The van der Waals surface area contributed by atoms with Gasteiger partial charge in [-0.05, 0) is 23.6 Å². The molecule has 4 unspecified atom stereocenters. The van der Waals surface area contributed by atoms with Gasteiger partial charge in [0.05, 0.1) is 7.11 Å². The fourth-order valence-corrected chi connectivity index (χ4v) is 5.27. The number of esters is 1. The predicted octanol–water partition coefficient (Wildman–Crippen LogP) is 1.67. The number of amides is 3. The molecular formula is C26H31N5O5. The quantitative estimate of drug-likeness (QED) is 0.608. The summed E-state index contributed by atoms with van der Waals surface area (Å²) in [7, 11) is 3.28. The first-order valence-corrected chi connectivity index (χ1v) is 12.1. The van der Waals surface area contributed by atoms with Crippen molar-refractivity contribution < 1.29 is 23.9 Å². The number of hydrogen-bond donors (Lipinski definition) is 1. The number of fused-ring (bicyclic) bond motifs is 3. The van der Waals surface area contributed by atoms with Crippen molar-refractivity contribution in [3.8, 4) is 5.75 Å². The summed E-state index contributed by atoms with van der Waals surface area (Å²) in [5.41, 5.74) is 1.80. The fourth-order valence-electron chi connectivity index (χ4n) is 5.27. The van der Waals surface area contributed by atoms with Gasteiger partial charge >= 0.3 is 12.0 Å². The first kappa shape index (κ1) is 24.1. The lowest BCUT2D eigenvalue weighted by atomic mass is 10.0. The van der Waals surface area contributed by atoms with Crippen LogP contribution in [0.25, 0.3) is 0 Å². The smallest absolute Gasteiger partial charge is 0.328 e. The van der Waals surface area contributed by atoms with E-state index in [1.54, 1.807) is 14.2 Å². The Morgan fingerprint density at radius 2 is 1.86 bits per heavy atom. The van der Waals surface area contributed by atoms with Crippen molar-refractivity contribution in [2.75, 3.05) is 38.7 Å². The molecule has 0 aromatic heterocycles. The summed E-state index contributed by atoms with van der Waals surface area (Å²) in [5.74, 6) is -0.00124. The Bertz CT molecular complexity index is 1140. The fraction of sp³-hybridized carbons (Fsp3) is 0.423. The van der Waals surface area contributed by atoms with Crippen molar-refractivity contribution in [3.05, 3.63) is 60.2 Å². The molecule has 2 aromatic rings. The lowest BCUT2D eigenvalue weighted by Gasteiger charge is -2.45. The maximum absolute atomic E-state index is 13.6. The van der Waals surface area contributed by atoms with Crippen LogP contribution in [0.15, 0.2) is 54.6 Å². The van der Waals surface area contributed by atoms with E-state index in [1.165, 1.54) is 4.90 Å². The van der Waals surface area contributed by atoms with E-state index >= 15 is 0 Å². The summed E-state index contributed by atoms with van der Waals surface area (Å²) in [5, 5.41) is 3.49. The second kappa shape index (κ2) is 9.79. The van der Waals surface area contributed by atoms with Crippen LogP contribution in [0.2, 0.25) is 0 Å². The number of nitrogens with one attached hydrogen (secondary N) is 1. The van der Waals surface area contributed by atoms with Gasteiger partial charge in [-0.15, -0.1) is 0 Å². The zero-order valence-electron chi connectivity index (χ0n) is 20.7. The third-order valence-corrected chi connectivity index (χ3v) is 7.00. The van der Waals surface area contributed by atoms with E-state index in [0.29, 0.717) is 6.54 Å². The number of likely N-dealkylation sites (N-methyl/N-ethyl adjacent to an activating group) is 1. The molecule has 0 saturated carbocycles. The van der Waals surface area contributed by atoms with Crippen molar-refractivity contribution in [2.45, 2.75) is 32.0 Å². The minimum absolute atomic E-state index is 0.0839. The molecule has 5 rings (SSSR count). The van der Waals surface area contributed by atoms with Crippen molar-refractivity contribution >= 4 is 23.6 Å². The van der Waals surface area contributed by atoms with E-state index in [1.807, 2.05) is 54.6 Å². The van der Waals surface area contributed by atoms with E-state index in [0.717, 1.165) is 28.4 Å². The standard InChI is InChI=1S/C26H31N5O5/c1-17-13-29(19-10-7-11-20(12-19)35-3)25-27-23-22(30(25)14-17)24(33)31(26(34)28(23)2)15-21(32)36-16-18-8-5-4-6-9-18/h4-12,17,22-23,25,27H,13-16H2,1-3H3. The van der Waals surface area contributed by atoms with Gasteiger partial charge in [0.2, 0.25) is 0 Å². The number of ether oxygens (including phenoxy) is 2. The SMILES string of the molecule is COc1cccc(N2CC(C)CN3C4C(=O)N(CC(=O)OCc5ccccc5)C(=O)N(C)C4NC23)c1. The summed E-state index contributed by atoms with van der Waals surface area (Å²) >= 11 is 0. The van der Waals surface area contributed by atoms with E-state index < -0.39 is 36.7 Å². The number of carbonyl (C=O) groups is 3. The third kappa shape index (κ3) is 4.38. The average Bonchev–Trinajstić information content (AvgIpc) is 3.28. The van der Waals surface area contributed by atoms with Gasteiger partial charge in [0.1, 0.15) is 37.4 Å². The average molecular weight is 494 g/mol. The van der Waals surface area contributed by atoms with Gasteiger partial charge in [0.15, 0.2) is 0 Å². The maximum Gasteiger partial charge on any atom is 0.328 e. The number of methoxy groups -OCH3 is 1. The highest BCUT2D eigenvalue weighted by Gasteiger charge is 2.57. The summed E-state index contributed by atoms with van der Waals surface area (Å²) in [4.78, 5) is 46.1. The Balaban J connectivity index is 1.34. The second-order valence-corrected chi connectivity index (χ2v) is 9.55. The minimum Gasteiger partial charge on any atom is -0.497 e. The Morgan fingerprint density at radius 1 is 1.08 bits per heavy atom. The van der Waals surface area contributed by atoms with E-state index in [9.17, 15) is 14.4 Å². The molecule has 2 aromatic carbocycles. The van der Waals surface area contributed by atoms with Crippen LogP contribution < -0.4 is 15.0 Å². The van der Waals surface area contributed by atoms with Crippen molar-refractivity contribution in [2.24, 2.45) is 5.92 Å². The molecule has 3 heterocycles. The molecule has 10 heteroatoms. The summed E-state index contributed by atoms with van der Waals surface area (Å²) in [6.45, 7) is 3.26. The summed E-state index contributed by atoms with van der Waals surface area (Å²) in [6, 6.07) is 15.9. The Kier molecular flexibility index (Phi) is 6.55. The van der Waals surface area contributed by atoms with Gasteiger partial charge in [0, 0.05) is 31.9 Å². The second-order valence-electron chi connectivity index (χ2n) is 9.55. The first-order valence-electron chi connectivity index (χ1n) is 12.1. The van der Waals surface area contributed by atoms with Crippen LogP contribution in [0.5, 0.6) is 5.75 Å². The number of benzene rings is 2. The third-order valence-electron chi connectivity index (χ3n) is 7.00. The molecule has 3 fully saturated rings. The molecule has 36 heavy (non-hydrogen) atoms. The van der Waals surface area contributed by atoms with Crippen LogP contribution in [-0.4, -0.2) is 84.9 Å². The van der Waals surface area contributed by atoms with E-state index in [2.05, 4.69) is 22.0 Å². The molecule has 3 amide bonds. The molecule has 0 spiro atoms. The number of imide groups is 1. The van der Waals surface area contributed by atoms with Gasteiger partial charge < -0.3 is 19.3 Å². The van der Waals surface area contributed by atoms with Gasteiger partial charge in [0.25, 0.3) is 5.91 Å². The molecular weight excluding hydrogens is 462 g/mol. The molecule has 10 nitrogen and oxygen atoms in total. The zero-order chi connectivity index (χ0) is 25.4. The number of rotatable bonds is 6. The van der Waals surface area contributed by atoms with Gasteiger partial charge in [-0.25, -0.2) is 4.79 Å². The van der Waals surface area contributed by atoms with Crippen LogP contribution in [-0.2, 0) is 20.9 Å². The van der Waals surface area contributed by atoms with Crippen molar-refractivity contribution in [1.29, 1.82) is 0 Å². The zero-order valence-corrected chi connectivity index (χ0v) is 20.7. The number of hydrogen-bond acceptors (Lipinski definition) is 8. The first-order chi connectivity index (χ1) is 17.4. The number of urea groups is 1. The molecule has 190 valence electrons. The van der Waals surface area contributed by atoms with Crippen LogP contribution in [0, 0.1) is 5.92 Å². The molecule has 3 saturated heterocycles.